The Morgan fingerprint density at radius 1 is 1.24 bits per heavy atom. The highest BCUT2D eigenvalue weighted by Gasteiger charge is 2.05. The van der Waals surface area contributed by atoms with E-state index in [1.165, 1.54) is 6.07 Å². The lowest BCUT2D eigenvalue weighted by Crippen LogP contribution is -2.01. The molecule has 0 aliphatic heterocycles. The molecule has 2 rings (SSSR count). The molecule has 0 heterocycles. The first-order valence-corrected chi connectivity index (χ1v) is 7.96. The van der Waals surface area contributed by atoms with Gasteiger partial charge in [0.1, 0.15) is 11.6 Å². The molecular weight excluding hydrogens is 357 g/mol. The Kier molecular flexibility index (Phi) is 5.88. The first-order chi connectivity index (χ1) is 10.1. The number of nitrogens with one attached hydrogen (secondary N) is 1. The highest BCUT2D eigenvalue weighted by Crippen LogP contribution is 2.25. The Morgan fingerprint density at radius 2 is 2.05 bits per heavy atom. The number of alkyl halides is 1. The Labute approximate surface area is 137 Å². The van der Waals surface area contributed by atoms with E-state index in [4.69, 9.17) is 16.3 Å². The number of hydrogen-bond acceptors (Lipinski definition) is 2. The number of rotatable bonds is 6. The van der Waals surface area contributed by atoms with Crippen molar-refractivity contribution < 1.29 is 9.13 Å². The van der Waals surface area contributed by atoms with Crippen LogP contribution in [0.25, 0.3) is 0 Å². The van der Waals surface area contributed by atoms with Gasteiger partial charge in [0.25, 0.3) is 0 Å². The van der Waals surface area contributed by atoms with Gasteiger partial charge in [0.15, 0.2) is 0 Å². The number of benzene rings is 2. The third-order valence-electron chi connectivity index (χ3n) is 2.98. The van der Waals surface area contributed by atoms with Crippen molar-refractivity contribution in [2.24, 2.45) is 0 Å². The predicted molar refractivity (Wildman–Crippen MR) is 88.6 cm³/mol. The topological polar surface area (TPSA) is 21.3 Å². The maximum atomic E-state index is 13.2. The van der Waals surface area contributed by atoms with Crippen LogP contribution in [0.15, 0.2) is 40.9 Å². The van der Waals surface area contributed by atoms with Crippen molar-refractivity contribution in [1.82, 2.24) is 0 Å². The largest absolute Gasteiger partial charge is 0.494 e. The summed E-state index contributed by atoms with van der Waals surface area (Å²) in [7, 11) is 0. The average molecular weight is 373 g/mol. The van der Waals surface area contributed by atoms with E-state index in [0.717, 1.165) is 22.6 Å². The van der Waals surface area contributed by atoms with E-state index >= 15 is 0 Å². The minimum atomic E-state index is -0.260. The monoisotopic (exact) mass is 371 g/mol. The lowest BCUT2D eigenvalue weighted by molar-refractivity contribution is 0.337. The average Bonchev–Trinajstić information content (AvgIpc) is 2.49. The van der Waals surface area contributed by atoms with Crippen molar-refractivity contribution in [2.75, 3.05) is 11.9 Å². The van der Waals surface area contributed by atoms with E-state index in [1.807, 2.05) is 25.1 Å². The van der Waals surface area contributed by atoms with Gasteiger partial charge in [-0.15, -0.1) is 11.6 Å². The molecule has 0 aromatic heterocycles. The second-order valence-corrected chi connectivity index (χ2v) is 5.61. The molecule has 5 heteroatoms. The second kappa shape index (κ2) is 7.66. The van der Waals surface area contributed by atoms with E-state index < -0.39 is 0 Å². The zero-order chi connectivity index (χ0) is 15.2. The van der Waals surface area contributed by atoms with Crippen molar-refractivity contribution in [3.63, 3.8) is 0 Å². The molecule has 0 spiro atoms. The second-order valence-electron chi connectivity index (χ2n) is 4.49. The van der Waals surface area contributed by atoms with Crippen molar-refractivity contribution >= 4 is 33.2 Å². The van der Waals surface area contributed by atoms with Crippen LogP contribution in [0.4, 0.5) is 10.1 Å². The van der Waals surface area contributed by atoms with Crippen LogP contribution in [-0.4, -0.2) is 6.61 Å². The minimum absolute atomic E-state index is 0.260. The lowest BCUT2D eigenvalue weighted by atomic mass is 10.1. The number of halogens is 3. The fourth-order valence-corrected chi connectivity index (χ4v) is 2.58. The van der Waals surface area contributed by atoms with Gasteiger partial charge in [-0.2, -0.15) is 0 Å². The molecule has 0 aliphatic rings. The summed E-state index contributed by atoms with van der Waals surface area (Å²) in [4.78, 5) is 0. The lowest BCUT2D eigenvalue weighted by Gasteiger charge is -2.12. The molecule has 1 N–H and O–H groups in total. The maximum Gasteiger partial charge on any atom is 0.137 e. The van der Waals surface area contributed by atoms with Gasteiger partial charge in [0.05, 0.1) is 17.0 Å². The maximum absolute atomic E-state index is 13.2. The summed E-state index contributed by atoms with van der Waals surface area (Å²) in [6.45, 7) is 3.16. The Balaban J connectivity index is 2.07. The van der Waals surface area contributed by atoms with Crippen LogP contribution in [0.2, 0.25) is 0 Å². The fraction of sp³-hybridized carbons (Fsp3) is 0.250. The summed E-state index contributed by atoms with van der Waals surface area (Å²) in [6, 6.07) is 10.8. The zero-order valence-electron chi connectivity index (χ0n) is 11.6. The number of hydrogen-bond donors (Lipinski definition) is 1. The van der Waals surface area contributed by atoms with Crippen molar-refractivity contribution in [3.05, 3.63) is 57.8 Å². The molecule has 0 atom stereocenters. The SMILES string of the molecule is CCOc1ccc(NCc2ccc(F)c(Br)c2)cc1CCl. The van der Waals surface area contributed by atoms with Gasteiger partial charge in [0, 0.05) is 17.8 Å². The van der Waals surface area contributed by atoms with Crippen LogP contribution in [0, 0.1) is 5.82 Å². The summed E-state index contributed by atoms with van der Waals surface area (Å²) in [6.07, 6.45) is 0. The van der Waals surface area contributed by atoms with Crippen LogP contribution in [0.1, 0.15) is 18.1 Å². The van der Waals surface area contributed by atoms with Gasteiger partial charge >= 0.3 is 0 Å². The molecule has 2 aromatic rings. The third-order valence-corrected chi connectivity index (χ3v) is 3.88. The molecule has 0 unspecified atom stereocenters. The summed E-state index contributed by atoms with van der Waals surface area (Å²) >= 11 is 9.12. The zero-order valence-corrected chi connectivity index (χ0v) is 14.0. The normalized spacial score (nSPS) is 10.5. The molecule has 21 heavy (non-hydrogen) atoms. The standard InChI is InChI=1S/C16H16BrClFNO/c1-2-21-16-6-4-13(8-12(16)9-18)20-10-11-3-5-15(19)14(17)7-11/h3-8,20H,2,9-10H2,1H3. The van der Waals surface area contributed by atoms with E-state index in [9.17, 15) is 4.39 Å². The molecule has 0 fully saturated rings. The fourth-order valence-electron chi connectivity index (χ4n) is 1.94. The van der Waals surface area contributed by atoms with E-state index in [-0.39, 0.29) is 5.82 Å². The quantitative estimate of drug-likeness (QED) is 0.691. The smallest absolute Gasteiger partial charge is 0.137 e. The Bertz CT molecular complexity index is 621. The van der Waals surface area contributed by atoms with Gasteiger partial charge in [-0.25, -0.2) is 4.39 Å². The molecule has 0 saturated heterocycles. The predicted octanol–water partition coefficient (Wildman–Crippen LogP) is 5.34. The molecule has 0 radical (unpaired) electrons. The first kappa shape index (κ1) is 16.1. The number of ether oxygens (including phenoxy) is 1. The molecule has 0 amide bonds. The molecule has 2 nitrogen and oxygen atoms in total. The molecule has 112 valence electrons. The van der Waals surface area contributed by atoms with Crippen molar-refractivity contribution in [1.29, 1.82) is 0 Å². The highest BCUT2D eigenvalue weighted by molar-refractivity contribution is 9.10. The summed E-state index contributed by atoms with van der Waals surface area (Å²) in [5.41, 5.74) is 2.89. The number of anilines is 1. The van der Waals surface area contributed by atoms with Gasteiger partial charge in [0.2, 0.25) is 0 Å². The third kappa shape index (κ3) is 4.35. The van der Waals surface area contributed by atoms with Crippen molar-refractivity contribution in [2.45, 2.75) is 19.3 Å². The van der Waals surface area contributed by atoms with Gasteiger partial charge < -0.3 is 10.1 Å². The van der Waals surface area contributed by atoms with Crippen LogP contribution >= 0.6 is 27.5 Å². The molecule has 0 aliphatic carbocycles. The molecule has 2 aromatic carbocycles. The summed E-state index contributed by atoms with van der Waals surface area (Å²) in [5, 5.41) is 3.29. The Hall–Kier alpha value is -1.26. The molecule has 0 bridgehead atoms. The Morgan fingerprint density at radius 3 is 2.71 bits per heavy atom. The first-order valence-electron chi connectivity index (χ1n) is 6.63. The van der Waals surface area contributed by atoms with Crippen LogP contribution in [0.3, 0.4) is 0 Å². The van der Waals surface area contributed by atoms with E-state index in [1.54, 1.807) is 12.1 Å². The van der Waals surface area contributed by atoms with Crippen LogP contribution in [0.5, 0.6) is 5.75 Å². The van der Waals surface area contributed by atoms with E-state index in [2.05, 4.69) is 21.2 Å². The van der Waals surface area contributed by atoms with Crippen LogP contribution in [-0.2, 0) is 12.4 Å². The minimum Gasteiger partial charge on any atom is -0.494 e. The summed E-state index contributed by atoms with van der Waals surface area (Å²) < 4.78 is 19.2. The summed E-state index contributed by atoms with van der Waals surface area (Å²) in [5.74, 6) is 0.944. The van der Waals surface area contributed by atoms with E-state index in [0.29, 0.717) is 23.5 Å². The molecule has 0 saturated carbocycles. The van der Waals surface area contributed by atoms with Gasteiger partial charge in [-0.1, -0.05) is 6.07 Å². The van der Waals surface area contributed by atoms with Crippen molar-refractivity contribution in [3.8, 4) is 5.75 Å². The van der Waals surface area contributed by atoms with Crippen LogP contribution < -0.4 is 10.1 Å². The highest BCUT2D eigenvalue weighted by atomic mass is 79.9. The molecular formula is C16H16BrClFNO. The van der Waals surface area contributed by atoms with Gasteiger partial charge in [-0.05, 0) is 58.7 Å². The van der Waals surface area contributed by atoms with Gasteiger partial charge in [-0.3, -0.25) is 0 Å².